The fourth-order valence-corrected chi connectivity index (χ4v) is 4.02. The van der Waals surface area contributed by atoms with E-state index in [4.69, 9.17) is 11.6 Å². The largest absolute Gasteiger partial charge is 0.332 e. The van der Waals surface area contributed by atoms with Crippen LogP contribution in [0.1, 0.15) is 23.0 Å². The zero-order valence-corrected chi connectivity index (χ0v) is 15.9. The molecule has 1 aromatic heterocycles. The highest BCUT2D eigenvalue weighted by Crippen LogP contribution is 2.26. The van der Waals surface area contributed by atoms with Crippen LogP contribution >= 0.6 is 23.4 Å². The van der Waals surface area contributed by atoms with Crippen molar-refractivity contribution in [2.75, 3.05) is 25.4 Å². The van der Waals surface area contributed by atoms with Crippen LogP contribution in [-0.2, 0) is 4.79 Å². The summed E-state index contributed by atoms with van der Waals surface area (Å²) in [6.45, 7) is 6.09. The number of nitrogens with one attached hydrogen (secondary N) is 1. The second-order valence-electron chi connectivity index (χ2n) is 6.08. The van der Waals surface area contributed by atoms with Gasteiger partial charge in [0.15, 0.2) is 5.16 Å². The molecule has 0 aliphatic carbocycles. The first-order valence-electron chi connectivity index (χ1n) is 8.23. The third-order valence-electron chi connectivity index (χ3n) is 4.08. The highest BCUT2D eigenvalue weighted by molar-refractivity contribution is 7.99. The second-order valence-corrected chi connectivity index (χ2v) is 7.46. The van der Waals surface area contributed by atoms with Crippen LogP contribution in [-0.4, -0.2) is 46.2 Å². The Morgan fingerprint density at radius 2 is 2.08 bits per heavy atom. The number of piperazine rings is 1. The van der Waals surface area contributed by atoms with Crippen molar-refractivity contribution in [3.05, 3.63) is 52.3 Å². The molecule has 2 aromatic rings. The van der Waals surface area contributed by atoms with Gasteiger partial charge in [-0.05, 0) is 37.6 Å². The molecular weight excluding hydrogens is 356 g/mol. The van der Waals surface area contributed by atoms with Gasteiger partial charge in [0.05, 0.1) is 11.8 Å². The smallest absolute Gasteiger partial charge is 0.233 e. The molecule has 132 valence electrons. The van der Waals surface area contributed by atoms with E-state index in [1.54, 1.807) is 0 Å². The third-order valence-corrected chi connectivity index (χ3v) is 5.15. The molecule has 1 aromatic carbocycles. The minimum Gasteiger partial charge on any atom is -0.332 e. The third kappa shape index (κ3) is 4.71. The molecule has 1 aliphatic rings. The van der Waals surface area contributed by atoms with Crippen LogP contribution in [0.15, 0.2) is 35.5 Å². The van der Waals surface area contributed by atoms with E-state index in [1.165, 1.54) is 11.8 Å². The SMILES string of the molecule is Cc1cc(C)nc(SCC(=O)N2CCNCC2c2cccc(Cl)c2)n1. The maximum Gasteiger partial charge on any atom is 0.233 e. The molecular formula is C18H21ClN4OS. The molecule has 2 heterocycles. The molecule has 0 saturated carbocycles. The first kappa shape index (κ1) is 18.2. The molecule has 1 aliphatic heterocycles. The number of nitrogens with zero attached hydrogens (tertiary/aromatic N) is 3. The lowest BCUT2D eigenvalue weighted by Gasteiger charge is -2.36. The molecule has 1 unspecified atom stereocenters. The van der Waals surface area contributed by atoms with Crippen molar-refractivity contribution < 1.29 is 4.79 Å². The standard InChI is InChI=1S/C18H21ClN4OS/c1-12-8-13(2)22-18(21-12)25-11-17(24)23-7-6-20-10-16(23)14-4-3-5-15(19)9-14/h3-5,8-9,16,20H,6-7,10-11H2,1-2H3. The van der Waals surface area contributed by atoms with Crippen molar-refractivity contribution >= 4 is 29.3 Å². The average molecular weight is 377 g/mol. The highest BCUT2D eigenvalue weighted by atomic mass is 35.5. The monoisotopic (exact) mass is 376 g/mol. The van der Waals surface area contributed by atoms with E-state index in [0.717, 1.165) is 30.0 Å². The number of amides is 1. The van der Waals surface area contributed by atoms with Crippen molar-refractivity contribution in [3.63, 3.8) is 0 Å². The molecule has 1 saturated heterocycles. The van der Waals surface area contributed by atoms with Crippen LogP contribution in [0, 0.1) is 13.8 Å². The van der Waals surface area contributed by atoms with E-state index in [1.807, 2.05) is 49.1 Å². The quantitative estimate of drug-likeness (QED) is 0.656. The van der Waals surface area contributed by atoms with Crippen LogP contribution in [0.25, 0.3) is 0 Å². The predicted octanol–water partition coefficient (Wildman–Crippen LogP) is 3.01. The number of benzene rings is 1. The first-order chi connectivity index (χ1) is 12.0. The number of halogens is 1. The number of rotatable bonds is 4. The Hall–Kier alpha value is -1.63. The number of carbonyl (C=O) groups excluding carboxylic acids is 1. The van der Waals surface area contributed by atoms with Gasteiger partial charge in [-0.25, -0.2) is 9.97 Å². The molecule has 0 bridgehead atoms. The van der Waals surface area contributed by atoms with Crippen molar-refractivity contribution in [1.29, 1.82) is 0 Å². The van der Waals surface area contributed by atoms with E-state index in [-0.39, 0.29) is 11.9 Å². The van der Waals surface area contributed by atoms with Crippen molar-refractivity contribution in [2.45, 2.75) is 25.0 Å². The Morgan fingerprint density at radius 1 is 1.32 bits per heavy atom. The Labute approximate surface area is 157 Å². The van der Waals surface area contributed by atoms with Gasteiger partial charge in [0.1, 0.15) is 0 Å². The molecule has 1 fully saturated rings. The van der Waals surface area contributed by atoms with Gasteiger partial charge in [0.25, 0.3) is 0 Å². The summed E-state index contributed by atoms with van der Waals surface area (Å²) < 4.78 is 0. The number of carbonyl (C=O) groups is 1. The van der Waals surface area contributed by atoms with Gasteiger partial charge in [-0.1, -0.05) is 35.5 Å². The predicted molar refractivity (Wildman–Crippen MR) is 101 cm³/mol. The van der Waals surface area contributed by atoms with E-state index in [9.17, 15) is 4.79 Å². The number of thioether (sulfide) groups is 1. The second kappa shape index (κ2) is 8.17. The molecule has 1 N–H and O–H groups in total. The summed E-state index contributed by atoms with van der Waals surface area (Å²) in [5.41, 5.74) is 2.89. The molecule has 3 rings (SSSR count). The zero-order valence-electron chi connectivity index (χ0n) is 14.3. The van der Waals surface area contributed by atoms with Crippen LogP contribution < -0.4 is 5.32 Å². The van der Waals surface area contributed by atoms with Crippen molar-refractivity contribution in [1.82, 2.24) is 20.2 Å². The van der Waals surface area contributed by atoms with Crippen LogP contribution in [0.2, 0.25) is 5.02 Å². The Balaban J connectivity index is 1.70. The number of aryl methyl sites for hydroxylation is 2. The topological polar surface area (TPSA) is 58.1 Å². The minimum absolute atomic E-state index is 0.000661. The highest BCUT2D eigenvalue weighted by Gasteiger charge is 2.28. The molecule has 7 heteroatoms. The van der Waals surface area contributed by atoms with E-state index in [2.05, 4.69) is 15.3 Å². The number of hydrogen-bond donors (Lipinski definition) is 1. The lowest BCUT2D eigenvalue weighted by molar-refractivity contribution is -0.131. The maximum atomic E-state index is 12.8. The summed E-state index contributed by atoms with van der Waals surface area (Å²) in [5, 5.41) is 4.70. The average Bonchev–Trinajstić information content (AvgIpc) is 2.59. The van der Waals surface area contributed by atoms with Gasteiger partial charge >= 0.3 is 0 Å². The van der Waals surface area contributed by atoms with Crippen LogP contribution in [0.5, 0.6) is 0 Å². The number of hydrogen-bond acceptors (Lipinski definition) is 5. The zero-order chi connectivity index (χ0) is 17.8. The summed E-state index contributed by atoms with van der Waals surface area (Å²) in [7, 11) is 0. The van der Waals surface area contributed by atoms with Crippen molar-refractivity contribution in [3.8, 4) is 0 Å². The lowest BCUT2D eigenvalue weighted by atomic mass is 10.0. The maximum absolute atomic E-state index is 12.8. The summed E-state index contributed by atoms with van der Waals surface area (Å²) in [5.74, 6) is 0.430. The van der Waals surface area contributed by atoms with Gasteiger partial charge in [0, 0.05) is 36.0 Å². The summed E-state index contributed by atoms with van der Waals surface area (Å²) in [6, 6.07) is 9.65. The Bertz CT molecular complexity index is 750. The molecule has 0 radical (unpaired) electrons. The van der Waals surface area contributed by atoms with Gasteiger partial charge in [-0.15, -0.1) is 0 Å². The minimum atomic E-state index is 0.000661. The molecule has 0 spiro atoms. The normalized spacial score (nSPS) is 17.6. The van der Waals surface area contributed by atoms with Gasteiger partial charge in [-0.2, -0.15) is 0 Å². The van der Waals surface area contributed by atoms with E-state index < -0.39 is 0 Å². The first-order valence-corrected chi connectivity index (χ1v) is 9.60. The van der Waals surface area contributed by atoms with Crippen LogP contribution in [0.4, 0.5) is 0 Å². The molecule has 1 atom stereocenters. The fraction of sp³-hybridized carbons (Fsp3) is 0.389. The molecule has 1 amide bonds. The van der Waals surface area contributed by atoms with E-state index in [0.29, 0.717) is 22.5 Å². The van der Waals surface area contributed by atoms with Crippen LogP contribution in [0.3, 0.4) is 0 Å². The molecule has 5 nitrogen and oxygen atoms in total. The Morgan fingerprint density at radius 3 is 2.80 bits per heavy atom. The summed E-state index contributed by atoms with van der Waals surface area (Å²) in [6.07, 6.45) is 0. The van der Waals surface area contributed by atoms with E-state index >= 15 is 0 Å². The van der Waals surface area contributed by atoms with Gasteiger partial charge in [0.2, 0.25) is 5.91 Å². The molecule has 25 heavy (non-hydrogen) atoms. The Kier molecular flexibility index (Phi) is 5.93. The van der Waals surface area contributed by atoms with Gasteiger partial charge < -0.3 is 10.2 Å². The number of aromatic nitrogens is 2. The summed E-state index contributed by atoms with van der Waals surface area (Å²) >= 11 is 7.51. The van der Waals surface area contributed by atoms with Gasteiger partial charge in [-0.3, -0.25) is 4.79 Å². The fourth-order valence-electron chi connectivity index (χ4n) is 2.98. The lowest BCUT2D eigenvalue weighted by Crippen LogP contribution is -2.49. The summed E-state index contributed by atoms with van der Waals surface area (Å²) in [4.78, 5) is 23.5. The van der Waals surface area contributed by atoms with Crippen molar-refractivity contribution in [2.24, 2.45) is 0 Å².